The summed E-state index contributed by atoms with van der Waals surface area (Å²) in [6.45, 7) is 0. The van der Waals surface area contributed by atoms with E-state index in [-0.39, 0.29) is 0 Å². The summed E-state index contributed by atoms with van der Waals surface area (Å²) in [4.78, 5) is 8.31. The van der Waals surface area contributed by atoms with Crippen LogP contribution in [0.4, 0.5) is 0 Å². The summed E-state index contributed by atoms with van der Waals surface area (Å²) in [6, 6.07) is 5.44. The zero-order valence-electron chi connectivity index (χ0n) is 8.45. The summed E-state index contributed by atoms with van der Waals surface area (Å²) < 4.78 is 6.13. The van der Waals surface area contributed by atoms with E-state index in [0.717, 1.165) is 15.7 Å². The molecule has 0 aliphatic carbocycles. The minimum absolute atomic E-state index is 0.458. The molecule has 0 aliphatic rings. The molecule has 3 nitrogen and oxygen atoms in total. The maximum atomic E-state index is 5.73. The van der Waals surface area contributed by atoms with Gasteiger partial charge in [-0.15, -0.1) is 0 Å². The molecule has 0 aromatic carbocycles. The van der Waals surface area contributed by atoms with Crippen molar-refractivity contribution in [1.29, 1.82) is 0 Å². The van der Waals surface area contributed by atoms with Crippen molar-refractivity contribution in [1.82, 2.24) is 9.97 Å². The first kappa shape index (κ1) is 11.4. The smallest absolute Gasteiger partial charge is 0.146 e. The third kappa shape index (κ3) is 2.33. The molecule has 2 aromatic rings. The van der Waals surface area contributed by atoms with Gasteiger partial charge in [0.15, 0.2) is 0 Å². The lowest BCUT2D eigenvalue weighted by Crippen LogP contribution is -1.91. The van der Waals surface area contributed by atoms with E-state index in [1.165, 1.54) is 0 Å². The molecule has 2 rings (SSSR count). The van der Waals surface area contributed by atoms with Crippen molar-refractivity contribution < 1.29 is 4.74 Å². The number of hydrogen-bond donors (Lipinski definition) is 0. The average Bonchev–Trinajstić information content (AvgIpc) is 2.30. The Morgan fingerprint density at radius 3 is 2.69 bits per heavy atom. The molecule has 2 heterocycles. The van der Waals surface area contributed by atoms with Crippen molar-refractivity contribution in [2.75, 3.05) is 7.11 Å². The van der Waals surface area contributed by atoms with Crippen LogP contribution in [0, 0.1) is 0 Å². The molecule has 5 heteroatoms. The van der Waals surface area contributed by atoms with Crippen LogP contribution in [-0.2, 0) is 0 Å². The van der Waals surface area contributed by atoms with Crippen molar-refractivity contribution in [2.45, 2.75) is 0 Å². The van der Waals surface area contributed by atoms with Gasteiger partial charge in [0, 0.05) is 22.4 Å². The Balaban J connectivity index is 2.51. The third-order valence-electron chi connectivity index (χ3n) is 2.04. The zero-order chi connectivity index (χ0) is 11.5. The lowest BCUT2D eigenvalue weighted by atomic mass is 10.2. The average molecular weight is 300 g/mol. The lowest BCUT2D eigenvalue weighted by molar-refractivity contribution is 0.414. The van der Waals surface area contributed by atoms with Gasteiger partial charge >= 0.3 is 0 Å². The molecule has 0 unspecified atom stereocenters. The summed E-state index contributed by atoms with van der Waals surface area (Å²) in [7, 11) is 1.61. The van der Waals surface area contributed by atoms with E-state index >= 15 is 0 Å². The van der Waals surface area contributed by atoms with Gasteiger partial charge < -0.3 is 4.74 Å². The molecule has 0 bridgehead atoms. The summed E-state index contributed by atoms with van der Waals surface area (Å²) in [5, 5.41) is 0.458. The second kappa shape index (κ2) is 4.80. The van der Waals surface area contributed by atoms with Gasteiger partial charge in [-0.25, -0.2) is 4.98 Å². The summed E-state index contributed by atoms with van der Waals surface area (Å²) in [6.07, 6.45) is 3.38. The number of nitrogens with zero attached hydrogens (tertiary/aromatic N) is 2. The Labute approximate surface area is 107 Å². The predicted octanol–water partition coefficient (Wildman–Crippen LogP) is 3.57. The van der Waals surface area contributed by atoms with Gasteiger partial charge in [-0.05, 0) is 34.1 Å². The monoisotopic (exact) mass is 298 g/mol. The van der Waals surface area contributed by atoms with Crippen molar-refractivity contribution in [3.63, 3.8) is 0 Å². The Kier molecular flexibility index (Phi) is 3.41. The summed E-state index contributed by atoms with van der Waals surface area (Å²) in [5.74, 6) is 0.693. The fourth-order valence-electron chi connectivity index (χ4n) is 1.31. The van der Waals surface area contributed by atoms with Gasteiger partial charge in [0.1, 0.15) is 16.6 Å². The molecule has 0 spiro atoms. The Morgan fingerprint density at radius 1 is 1.25 bits per heavy atom. The summed E-state index contributed by atoms with van der Waals surface area (Å²) >= 11 is 9.07. The fraction of sp³-hybridized carbons (Fsp3) is 0.0909. The van der Waals surface area contributed by atoms with Gasteiger partial charge in [-0.1, -0.05) is 11.6 Å². The Hall–Kier alpha value is -1.13. The Morgan fingerprint density at radius 2 is 2.06 bits per heavy atom. The number of rotatable bonds is 2. The maximum absolute atomic E-state index is 5.73. The van der Waals surface area contributed by atoms with Crippen molar-refractivity contribution in [3.8, 4) is 17.0 Å². The van der Waals surface area contributed by atoms with Crippen LogP contribution in [0.1, 0.15) is 0 Å². The van der Waals surface area contributed by atoms with Crippen LogP contribution in [0.5, 0.6) is 5.75 Å². The summed E-state index contributed by atoms with van der Waals surface area (Å²) in [5.41, 5.74) is 1.61. The number of methoxy groups -OCH3 is 1. The third-order valence-corrected chi connectivity index (χ3v) is 2.70. The molecule has 0 saturated heterocycles. The van der Waals surface area contributed by atoms with E-state index < -0.39 is 0 Å². The van der Waals surface area contributed by atoms with Crippen LogP contribution in [0.25, 0.3) is 11.3 Å². The van der Waals surface area contributed by atoms with E-state index in [0.29, 0.717) is 10.9 Å². The molecule has 0 amide bonds. The molecule has 0 aliphatic heterocycles. The number of halogens is 2. The van der Waals surface area contributed by atoms with E-state index in [1.807, 2.05) is 12.1 Å². The second-order valence-corrected chi connectivity index (χ2v) is 4.38. The highest BCUT2D eigenvalue weighted by Gasteiger charge is 2.08. The van der Waals surface area contributed by atoms with Crippen molar-refractivity contribution in [2.24, 2.45) is 0 Å². The zero-order valence-corrected chi connectivity index (χ0v) is 10.8. The van der Waals surface area contributed by atoms with Crippen LogP contribution in [0.3, 0.4) is 0 Å². The van der Waals surface area contributed by atoms with Crippen molar-refractivity contribution >= 4 is 27.5 Å². The Bertz CT molecular complexity index is 502. The topological polar surface area (TPSA) is 35.0 Å². The van der Waals surface area contributed by atoms with E-state index in [1.54, 1.807) is 25.6 Å². The van der Waals surface area contributed by atoms with Gasteiger partial charge in [-0.3, -0.25) is 4.98 Å². The maximum Gasteiger partial charge on any atom is 0.146 e. The fourth-order valence-corrected chi connectivity index (χ4v) is 1.73. The van der Waals surface area contributed by atoms with E-state index in [2.05, 4.69) is 25.9 Å². The van der Waals surface area contributed by atoms with Crippen LogP contribution < -0.4 is 4.74 Å². The number of ether oxygens (including phenoxy) is 1. The molecule has 16 heavy (non-hydrogen) atoms. The minimum Gasteiger partial charge on any atom is -0.494 e. The standard InChI is InChI=1S/C11H8BrClN2O/c1-16-9-4-8(12)6-15-11(9)7-2-3-10(13)14-5-7/h2-6H,1H3. The molecule has 0 atom stereocenters. The highest BCUT2D eigenvalue weighted by Crippen LogP contribution is 2.29. The quantitative estimate of drug-likeness (QED) is 0.795. The van der Waals surface area contributed by atoms with Gasteiger partial charge in [0.05, 0.1) is 7.11 Å². The molecule has 0 radical (unpaired) electrons. The first-order valence-corrected chi connectivity index (χ1v) is 5.69. The SMILES string of the molecule is COc1cc(Br)cnc1-c1ccc(Cl)nc1. The number of aromatic nitrogens is 2. The van der Waals surface area contributed by atoms with Gasteiger partial charge in [0.25, 0.3) is 0 Å². The molecule has 0 fully saturated rings. The highest BCUT2D eigenvalue weighted by atomic mass is 79.9. The normalized spacial score (nSPS) is 10.2. The molecule has 0 N–H and O–H groups in total. The van der Waals surface area contributed by atoms with Crippen LogP contribution in [0.2, 0.25) is 5.15 Å². The van der Waals surface area contributed by atoms with E-state index in [4.69, 9.17) is 16.3 Å². The highest BCUT2D eigenvalue weighted by molar-refractivity contribution is 9.10. The number of hydrogen-bond acceptors (Lipinski definition) is 3. The van der Waals surface area contributed by atoms with Gasteiger partial charge in [0.2, 0.25) is 0 Å². The number of pyridine rings is 2. The first-order valence-electron chi connectivity index (χ1n) is 4.52. The van der Waals surface area contributed by atoms with Crippen LogP contribution in [0.15, 0.2) is 35.1 Å². The molecule has 82 valence electrons. The van der Waals surface area contributed by atoms with E-state index in [9.17, 15) is 0 Å². The largest absolute Gasteiger partial charge is 0.494 e. The van der Waals surface area contributed by atoms with Crippen LogP contribution >= 0.6 is 27.5 Å². The van der Waals surface area contributed by atoms with Crippen LogP contribution in [-0.4, -0.2) is 17.1 Å². The van der Waals surface area contributed by atoms with Gasteiger partial charge in [-0.2, -0.15) is 0 Å². The lowest BCUT2D eigenvalue weighted by Gasteiger charge is -2.07. The minimum atomic E-state index is 0.458. The molecule has 2 aromatic heterocycles. The molecular formula is C11H8BrClN2O. The first-order chi connectivity index (χ1) is 7.70. The second-order valence-electron chi connectivity index (χ2n) is 3.07. The molecule has 0 saturated carbocycles. The predicted molar refractivity (Wildman–Crippen MR) is 66.7 cm³/mol. The van der Waals surface area contributed by atoms with Crippen molar-refractivity contribution in [3.05, 3.63) is 40.2 Å². The molecular weight excluding hydrogens is 291 g/mol.